The van der Waals surface area contributed by atoms with Crippen LogP contribution < -0.4 is 10.2 Å². The van der Waals surface area contributed by atoms with Gasteiger partial charge in [-0.2, -0.15) is 10.4 Å². The average molecular weight is 491 g/mol. The number of anilines is 2. The molecule has 1 amide bonds. The summed E-state index contributed by atoms with van der Waals surface area (Å²) in [6, 6.07) is 13.3. The van der Waals surface area contributed by atoms with Crippen molar-refractivity contribution >= 4 is 23.3 Å². The van der Waals surface area contributed by atoms with Crippen LogP contribution in [0.5, 0.6) is 0 Å². The molecule has 1 saturated heterocycles. The number of aliphatic carboxylic acids is 1. The van der Waals surface area contributed by atoms with Gasteiger partial charge in [0, 0.05) is 38.3 Å². The third kappa shape index (κ3) is 5.70. The van der Waals surface area contributed by atoms with Gasteiger partial charge in [0.1, 0.15) is 11.9 Å². The predicted molar refractivity (Wildman–Crippen MR) is 133 cm³/mol. The molecule has 0 bridgehead atoms. The number of amides is 1. The second-order valence-corrected chi connectivity index (χ2v) is 8.66. The summed E-state index contributed by atoms with van der Waals surface area (Å²) in [5, 5.41) is 25.6. The molecule has 0 unspecified atom stereocenters. The fourth-order valence-corrected chi connectivity index (χ4v) is 4.32. The first kappa shape index (κ1) is 24.9. The summed E-state index contributed by atoms with van der Waals surface area (Å²) >= 11 is 0. The number of hydrogen-bond acceptors (Lipinski definition) is 6. The maximum absolute atomic E-state index is 13.2. The number of carboxylic acid groups (broad SMARTS) is 1. The van der Waals surface area contributed by atoms with Gasteiger partial charge < -0.3 is 15.3 Å². The number of rotatable bonds is 8. The number of nitrogens with one attached hydrogen (secondary N) is 1. The standard InChI is InChI=1S/C26H27FN6O3/c1-18-23(17-29-33(18)22-7-4-20(27)5-8-22)26(36)30-21-6-9-24(19(15-21)16-28)32-13-11-31(12-14-32)10-2-3-25(34)35/h4-9,15,17H,2-3,10-14H2,1H3,(H,30,36)(H,34,35). The van der Waals surface area contributed by atoms with Crippen LogP contribution in [0.4, 0.5) is 15.8 Å². The van der Waals surface area contributed by atoms with Crippen LogP contribution in [0, 0.1) is 24.1 Å². The zero-order valence-corrected chi connectivity index (χ0v) is 19.9. The number of carbonyl (C=O) groups is 2. The summed E-state index contributed by atoms with van der Waals surface area (Å²) in [5.41, 5.74) is 3.40. The van der Waals surface area contributed by atoms with Gasteiger partial charge in [0.15, 0.2) is 0 Å². The van der Waals surface area contributed by atoms with Crippen LogP contribution in [0.1, 0.15) is 34.5 Å². The molecule has 1 fully saturated rings. The van der Waals surface area contributed by atoms with Gasteiger partial charge in [-0.05, 0) is 62.4 Å². The van der Waals surface area contributed by atoms with E-state index < -0.39 is 5.97 Å². The minimum atomic E-state index is -0.781. The fraction of sp³-hybridized carbons (Fsp3) is 0.308. The molecule has 0 atom stereocenters. The molecule has 9 nitrogen and oxygen atoms in total. The Labute approximate surface area is 208 Å². The molecule has 0 spiro atoms. The third-order valence-corrected chi connectivity index (χ3v) is 6.28. The van der Waals surface area contributed by atoms with Crippen LogP contribution in [0.2, 0.25) is 0 Å². The van der Waals surface area contributed by atoms with Gasteiger partial charge in [0.25, 0.3) is 5.91 Å². The van der Waals surface area contributed by atoms with Crippen molar-refractivity contribution in [3.8, 4) is 11.8 Å². The van der Waals surface area contributed by atoms with Crippen molar-refractivity contribution in [1.82, 2.24) is 14.7 Å². The van der Waals surface area contributed by atoms with E-state index >= 15 is 0 Å². The summed E-state index contributed by atoms with van der Waals surface area (Å²) in [4.78, 5) is 28.0. The smallest absolute Gasteiger partial charge is 0.303 e. The van der Waals surface area contributed by atoms with E-state index in [1.807, 2.05) is 6.07 Å². The highest BCUT2D eigenvalue weighted by atomic mass is 19.1. The van der Waals surface area contributed by atoms with E-state index in [0.717, 1.165) is 38.4 Å². The van der Waals surface area contributed by atoms with Gasteiger partial charge in [-0.3, -0.25) is 14.5 Å². The minimum absolute atomic E-state index is 0.165. The van der Waals surface area contributed by atoms with Crippen LogP contribution >= 0.6 is 0 Å². The number of nitrogens with zero attached hydrogens (tertiary/aromatic N) is 5. The molecule has 2 aromatic carbocycles. The fourth-order valence-electron chi connectivity index (χ4n) is 4.32. The lowest BCUT2D eigenvalue weighted by Gasteiger charge is -2.36. The highest BCUT2D eigenvalue weighted by Crippen LogP contribution is 2.26. The molecular weight excluding hydrogens is 463 g/mol. The first-order valence-electron chi connectivity index (χ1n) is 11.7. The van der Waals surface area contributed by atoms with Crippen LogP contribution in [0.3, 0.4) is 0 Å². The Morgan fingerprint density at radius 1 is 1.14 bits per heavy atom. The summed E-state index contributed by atoms with van der Waals surface area (Å²) < 4.78 is 14.8. The van der Waals surface area contributed by atoms with E-state index in [1.54, 1.807) is 35.9 Å². The number of carbonyl (C=O) groups excluding carboxylic acids is 1. The number of aromatic nitrogens is 2. The molecule has 1 aliphatic heterocycles. The topological polar surface area (TPSA) is 114 Å². The normalized spacial score (nSPS) is 13.9. The molecule has 3 aromatic rings. The van der Waals surface area contributed by atoms with Gasteiger partial charge in [-0.15, -0.1) is 0 Å². The molecule has 36 heavy (non-hydrogen) atoms. The molecule has 1 aromatic heterocycles. The minimum Gasteiger partial charge on any atom is -0.481 e. The maximum atomic E-state index is 13.2. The lowest BCUT2D eigenvalue weighted by molar-refractivity contribution is -0.137. The molecule has 0 saturated carbocycles. The average Bonchev–Trinajstić information content (AvgIpc) is 3.26. The largest absolute Gasteiger partial charge is 0.481 e. The number of piperazine rings is 1. The summed E-state index contributed by atoms with van der Waals surface area (Å²) in [6.07, 6.45) is 2.25. The first-order valence-corrected chi connectivity index (χ1v) is 11.7. The first-order chi connectivity index (χ1) is 17.4. The molecule has 4 rings (SSSR count). The van der Waals surface area contributed by atoms with E-state index in [2.05, 4.69) is 26.3 Å². The molecule has 10 heteroatoms. The Kier molecular flexibility index (Phi) is 7.61. The second-order valence-electron chi connectivity index (χ2n) is 8.66. The molecule has 1 aliphatic rings. The van der Waals surface area contributed by atoms with Gasteiger partial charge in [-0.1, -0.05) is 0 Å². The highest BCUT2D eigenvalue weighted by molar-refractivity contribution is 6.05. The van der Waals surface area contributed by atoms with E-state index in [-0.39, 0.29) is 18.1 Å². The zero-order valence-electron chi connectivity index (χ0n) is 19.9. The number of carboxylic acids is 1. The zero-order chi connectivity index (χ0) is 25.7. The second kappa shape index (κ2) is 11.0. The Morgan fingerprint density at radius 3 is 2.53 bits per heavy atom. The van der Waals surface area contributed by atoms with E-state index in [1.165, 1.54) is 18.3 Å². The van der Waals surface area contributed by atoms with Crippen molar-refractivity contribution < 1.29 is 19.1 Å². The van der Waals surface area contributed by atoms with Gasteiger partial charge >= 0.3 is 5.97 Å². The van der Waals surface area contributed by atoms with Crippen molar-refractivity contribution in [2.24, 2.45) is 0 Å². The predicted octanol–water partition coefficient (Wildman–Crippen LogP) is 3.43. The Balaban J connectivity index is 1.41. The van der Waals surface area contributed by atoms with Crippen molar-refractivity contribution in [3.05, 3.63) is 71.3 Å². The van der Waals surface area contributed by atoms with Crippen molar-refractivity contribution in [2.75, 3.05) is 42.9 Å². The lowest BCUT2D eigenvalue weighted by atomic mass is 10.1. The third-order valence-electron chi connectivity index (χ3n) is 6.28. The number of nitriles is 1. The Hall–Kier alpha value is -4.23. The van der Waals surface area contributed by atoms with E-state index in [0.29, 0.717) is 34.6 Å². The molecule has 186 valence electrons. The number of hydrogen-bond donors (Lipinski definition) is 2. The van der Waals surface area contributed by atoms with Gasteiger partial charge in [0.2, 0.25) is 0 Å². The van der Waals surface area contributed by atoms with Crippen LogP contribution in [-0.4, -0.2) is 64.4 Å². The molecule has 0 radical (unpaired) electrons. The van der Waals surface area contributed by atoms with Crippen LogP contribution in [-0.2, 0) is 4.79 Å². The van der Waals surface area contributed by atoms with Crippen molar-refractivity contribution in [1.29, 1.82) is 5.26 Å². The molecule has 2 heterocycles. The number of halogens is 1. The molecule has 0 aliphatic carbocycles. The quantitative estimate of drug-likeness (QED) is 0.497. The highest BCUT2D eigenvalue weighted by Gasteiger charge is 2.21. The Morgan fingerprint density at radius 2 is 1.86 bits per heavy atom. The molecule has 2 N–H and O–H groups in total. The SMILES string of the molecule is Cc1c(C(=O)Nc2ccc(N3CCN(CCCC(=O)O)CC3)c(C#N)c2)cnn1-c1ccc(F)cc1. The van der Waals surface area contributed by atoms with Crippen LogP contribution in [0.15, 0.2) is 48.7 Å². The summed E-state index contributed by atoms with van der Waals surface area (Å²) in [6.45, 7) is 5.55. The lowest BCUT2D eigenvalue weighted by Crippen LogP contribution is -2.46. The number of benzene rings is 2. The van der Waals surface area contributed by atoms with Gasteiger partial charge in [-0.25, -0.2) is 9.07 Å². The van der Waals surface area contributed by atoms with Gasteiger partial charge in [0.05, 0.1) is 34.4 Å². The maximum Gasteiger partial charge on any atom is 0.303 e. The summed E-state index contributed by atoms with van der Waals surface area (Å²) in [5.74, 6) is -1.49. The summed E-state index contributed by atoms with van der Waals surface area (Å²) in [7, 11) is 0. The van der Waals surface area contributed by atoms with Crippen LogP contribution in [0.25, 0.3) is 5.69 Å². The van der Waals surface area contributed by atoms with Crippen molar-refractivity contribution in [2.45, 2.75) is 19.8 Å². The molecular formula is C26H27FN6O3. The monoisotopic (exact) mass is 490 g/mol. The Bertz CT molecular complexity index is 1290. The van der Waals surface area contributed by atoms with E-state index in [4.69, 9.17) is 5.11 Å². The van der Waals surface area contributed by atoms with Crippen molar-refractivity contribution in [3.63, 3.8) is 0 Å². The van der Waals surface area contributed by atoms with E-state index in [9.17, 15) is 19.2 Å².